The van der Waals surface area contributed by atoms with E-state index in [1.807, 2.05) is 24.4 Å². The Hall–Kier alpha value is -2.16. The van der Waals surface area contributed by atoms with Crippen LogP contribution in [0.15, 0.2) is 52.6 Å². The number of carbonyl (C=O) groups is 1. The first-order valence-corrected chi connectivity index (χ1v) is 8.59. The zero-order chi connectivity index (χ0) is 17.8. The number of aliphatic imine (C=N–C) groups is 1. The van der Waals surface area contributed by atoms with Crippen LogP contribution < -0.4 is 0 Å². The van der Waals surface area contributed by atoms with Crippen molar-refractivity contribution in [1.29, 1.82) is 0 Å². The minimum absolute atomic E-state index is 0.353. The number of hydrogen-bond donors (Lipinski definition) is 0. The van der Waals surface area contributed by atoms with E-state index < -0.39 is 0 Å². The first kappa shape index (κ1) is 19.9. The number of nitrogens with zero attached hydrogens (tertiary/aromatic N) is 1. The molecule has 0 aliphatic heterocycles. The van der Waals surface area contributed by atoms with Gasteiger partial charge in [0.2, 0.25) is 0 Å². The number of para-hydroxylation sites is 1. The van der Waals surface area contributed by atoms with Gasteiger partial charge in [-0.1, -0.05) is 42.4 Å². The second-order valence-corrected chi connectivity index (χ2v) is 5.89. The SMILES string of the molecule is CCC(C)=CCCC(C)=CCCC=Nc1ccccc1C(=O)OC. The van der Waals surface area contributed by atoms with Crippen molar-refractivity contribution >= 4 is 17.9 Å². The molecule has 1 rings (SSSR count). The standard InChI is InChI=1S/C21H29NO2/c1-5-17(2)12-10-13-18(3)11-8-9-16-22-20-15-7-6-14-19(20)21(23)24-4/h6-7,11-12,14-16H,5,8-10,13H2,1-4H3. The Kier molecular flexibility index (Phi) is 9.44. The molecule has 0 heterocycles. The van der Waals surface area contributed by atoms with Gasteiger partial charge in [-0.2, -0.15) is 0 Å². The number of hydrogen-bond acceptors (Lipinski definition) is 3. The molecule has 0 fully saturated rings. The molecule has 3 heteroatoms. The van der Waals surface area contributed by atoms with Crippen molar-refractivity contribution in [3.63, 3.8) is 0 Å². The van der Waals surface area contributed by atoms with E-state index in [1.54, 1.807) is 6.07 Å². The third-order valence-corrected chi connectivity index (χ3v) is 3.92. The van der Waals surface area contributed by atoms with E-state index in [1.165, 1.54) is 18.3 Å². The van der Waals surface area contributed by atoms with Crippen molar-refractivity contribution < 1.29 is 9.53 Å². The maximum absolute atomic E-state index is 11.7. The van der Waals surface area contributed by atoms with Gasteiger partial charge in [-0.15, -0.1) is 0 Å². The first-order chi connectivity index (χ1) is 11.6. The fourth-order valence-corrected chi connectivity index (χ4v) is 2.23. The molecule has 1 aromatic rings. The number of esters is 1. The molecule has 0 aliphatic rings. The number of unbranched alkanes of at least 4 members (excludes halogenated alkanes) is 1. The van der Waals surface area contributed by atoms with Crippen LogP contribution in [0.5, 0.6) is 0 Å². The number of ether oxygens (including phenoxy) is 1. The summed E-state index contributed by atoms with van der Waals surface area (Å²) < 4.78 is 4.77. The first-order valence-electron chi connectivity index (χ1n) is 8.59. The molecule has 3 nitrogen and oxygen atoms in total. The molecule has 0 aromatic heterocycles. The van der Waals surface area contributed by atoms with Crippen LogP contribution in [0.3, 0.4) is 0 Å². The summed E-state index contributed by atoms with van der Waals surface area (Å²) in [5.74, 6) is -0.353. The molecule has 0 radical (unpaired) electrons. The number of allylic oxidation sites excluding steroid dienone is 4. The van der Waals surface area contributed by atoms with Gasteiger partial charge in [-0.25, -0.2) is 4.79 Å². The Morgan fingerprint density at radius 3 is 2.50 bits per heavy atom. The molecule has 0 unspecified atom stereocenters. The van der Waals surface area contributed by atoms with Gasteiger partial charge in [0.15, 0.2) is 0 Å². The molecule has 130 valence electrons. The minimum atomic E-state index is -0.353. The lowest BCUT2D eigenvalue weighted by Crippen LogP contribution is -2.01. The van der Waals surface area contributed by atoms with Crippen molar-refractivity contribution in [2.75, 3.05) is 7.11 Å². The quantitative estimate of drug-likeness (QED) is 0.240. The summed E-state index contributed by atoms with van der Waals surface area (Å²) in [7, 11) is 1.38. The van der Waals surface area contributed by atoms with Crippen LogP contribution in [-0.2, 0) is 4.74 Å². The molecule has 0 aliphatic carbocycles. The minimum Gasteiger partial charge on any atom is -0.465 e. The Balaban J connectivity index is 2.46. The van der Waals surface area contributed by atoms with Crippen LogP contribution in [0.25, 0.3) is 0 Å². The number of methoxy groups -OCH3 is 1. The zero-order valence-corrected chi connectivity index (χ0v) is 15.3. The van der Waals surface area contributed by atoms with Crippen LogP contribution in [0.4, 0.5) is 5.69 Å². The molecule has 1 aromatic carbocycles. The number of carbonyl (C=O) groups excluding carboxylic acids is 1. The van der Waals surface area contributed by atoms with Crippen LogP contribution >= 0.6 is 0 Å². The van der Waals surface area contributed by atoms with Gasteiger partial charge in [-0.05, 0) is 58.1 Å². The van der Waals surface area contributed by atoms with E-state index in [-0.39, 0.29) is 5.97 Å². The van der Waals surface area contributed by atoms with E-state index in [0.29, 0.717) is 11.3 Å². The fraction of sp³-hybridized carbons (Fsp3) is 0.429. The van der Waals surface area contributed by atoms with E-state index in [0.717, 1.165) is 32.1 Å². The van der Waals surface area contributed by atoms with Crippen molar-refractivity contribution in [3.8, 4) is 0 Å². The molecule has 0 amide bonds. The highest BCUT2D eigenvalue weighted by molar-refractivity contribution is 5.95. The van der Waals surface area contributed by atoms with Gasteiger partial charge < -0.3 is 4.74 Å². The van der Waals surface area contributed by atoms with Crippen molar-refractivity contribution in [3.05, 3.63) is 53.1 Å². The van der Waals surface area contributed by atoms with Crippen LogP contribution in [0, 0.1) is 0 Å². The summed E-state index contributed by atoms with van der Waals surface area (Å²) in [6, 6.07) is 7.24. The highest BCUT2D eigenvalue weighted by atomic mass is 16.5. The van der Waals surface area contributed by atoms with Crippen LogP contribution in [0.2, 0.25) is 0 Å². The third kappa shape index (κ3) is 7.40. The molecule has 0 saturated heterocycles. The highest BCUT2D eigenvalue weighted by Crippen LogP contribution is 2.19. The monoisotopic (exact) mass is 327 g/mol. The van der Waals surface area contributed by atoms with Crippen molar-refractivity contribution in [2.24, 2.45) is 4.99 Å². The Morgan fingerprint density at radius 1 is 1.08 bits per heavy atom. The fourth-order valence-electron chi connectivity index (χ4n) is 2.23. The maximum atomic E-state index is 11.7. The van der Waals surface area contributed by atoms with Crippen molar-refractivity contribution in [1.82, 2.24) is 0 Å². The number of rotatable bonds is 9. The van der Waals surface area contributed by atoms with E-state index >= 15 is 0 Å². The van der Waals surface area contributed by atoms with E-state index in [9.17, 15) is 4.79 Å². The summed E-state index contributed by atoms with van der Waals surface area (Å²) in [5, 5.41) is 0. The van der Waals surface area contributed by atoms with E-state index in [4.69, 9.17) is 4.74 Å². The Bertz CT molecular complexity index is 612. The average Bonchev–Trinajstić information content (AvgIpc) is 2.60. The maximum Gasteiger partial charge on any atom is 0.340 e. The molecule has 0 bridgehead atoms. The smallest absolute Gasteiger partial charge is 0.340 e. The van der Waals surface area contributed by atoms with Crippen LogP contribution in [-0.4, -0.2) is 19.3 Å². The highest BCUT2D eigenvalue weighted by Gasteiger charge is 2.09. The molecule has 24 heavy (non-hydrogen) atoms. The van der Waals surface area contributed by atoms with Gasteiger partial charge in [0, 0.05) is 6.21 Å². The summed E-state index contributed by atoms with van der Waals surface area (Å²) in [6.07, 6.45) is 11.6. The number of benzene rings is 1. The average molecular weight is 327 g/mol. The molecular formula is C21H29NO2. The van der Waals surface area contributed by atoms with Gasteiger partial charge in [-0.3, -0.25) is 4.99 Å². The summed E-state index contributed by atoms with van der Waals surface area (Å²) in [5.41, 5.74) is 4.03. The van der Waals surface area contributed by atoms with Crippen LogP contribution in [0.1, 0.15) is 63.2 Å². The molecule has 0 atom stereocenters. The largest absolute Gasteiger partial charge is 0.465 e. The lowest BCUT2D eigenvalue weighted by molar-refractivity contribution is 0.0601. The zero-order valence-electron chi connectivity index (χ0n) is 15.3. The van der Waals surface area contributed by atoms with Gasteiger partial charge in [0.25, 0.3) is 0 Å². The lowest BCUT2D eigenvalue weighted by atomic mass is 10.1. The van der Waals surface area contributed by atoms with E-state index in [2.05, 4.69) is 37.9 Å². The second kappa shape index (κ2) is 11.4. The topological polar surface area (TPSA) is 38.7 Å². The second-order valence-electron chi connectivity index (χ2n) is 5.89. The lowest BCUT2D eigenvalue weighted by Gasteiger charge is -2.02. The predicted molar refractivity (Wildman–Crippen MR) is 102 cm³/mol. The normalized spacial score (nSPS) is 12.7. The molecule has 0 saturated carbocycles. The Morgan fingerprint density at radius 2 is 1.79 bits per heavy atom. The summed E-state index contributed by atoms with van der Waals surface area (Å²) >= 11 is 0. The Labute approximate surface area is 146 Å². The third-order valence-electron chi connectivity index (χ3n) is 3.92. The molecular weight excluding hydrogens is 298 g/mol. The van der Waals surface area contributed by atoms with Gasteiger partial charge in [0.05, 0.1) is 18.4 Å². The molecule has 0 N–H and O–H groups in total. The van der Waals surface area contributed by atoms with Crippen molar-refractivity contribution in [2.45, 2.75) is 52.9 Å². The molecule has 0 spiro atoms. The van der Waals surface area contributed by atoms with Gasteiger partial charge in [0.1, 0.15) is 0 Å². The summed E-state index contributed by atoms with van der Waals surface area (Å²) in [6.45, 7) is 6.55. The predicted octanol–water partition coefficient (Wildman–Crippen LogP) is 6.04. The summed E-state index contributed by atoms with van der Waals surface area (Å²) in [4.78, 5) is 16.1. The van der Waals surface area contributed by atoms with Gasteiger partial charge >= 0.3 is 5.97 Å².